The predicted molar refractivity (Wildman–Crippen MR) is 80.1 cm³/mol. The van der Waals surface area contributed by atoms with E-state index in [1.54, 1.807) is 25.3 Å². The van der Waals surface area contributed by atoms with E-state index in [9.17, 15) is 9.90 Å². The van der Waals surface area contributed by atoms with Crippen molar-refractivity contribution in [2.45, 2.75) is 6.10 Å². The van der Waals surface area contributed by atoms with Gasteiger partial charge in [-0.3, -0.25) is 4.79 Å². The standard InChI is InChI=1S/C17H16O5/c1-20-11-5-3-10(4-6-11)13-9-22-15-8-14(18)16(21-2)7-12(15)17(13)19/h3-9,12,15,18H,1-2H3. The van der Waals surface area contributed by atoms with Crippen LogP contribution in [0, 0.1) is 5.92 Å². The quantitative estimate of drug-likeness (QED) is 0.929. The molecule has 3 rings (SSSR count). The van der Waals surface area contributed by atoms with Gasteiger partial charge in [0.2, 0.25) is 0 Å². The zero-order valence-corrected chi connectivity index (χ0v) is 12.3. The number of aliphatic hydroxyl groups excluding tert-OH is 1. The van der Waals surface area contributed by atoms with Crippen LogP contribution < -0.4 is 4.74 Å². The van der Waals surface area contributed by atoms with Crippen molar-refractivity contribution in [1.29, 1.82) is 0 Å². The van der Waals surface area contributed by atoms with Crippen molar-refractivity contribution < 1.29 is 24.1 Å². The number of benzene rings is 1. The molecule has 1 aromatic rings. The van der Waals surface area contributed by atoms with Crippen molar-refractivity contribution >= 4 is 11.4 Å². The number of rotatable bonds is 3. The van der Waals surface area contributed by atoms with Gasteiger partial charge in [0.1, 0.15) is 11.9 Å². The molecule has 0 saturated heterocycles. The molecule has 5 heteroatoms. The second-order valence-corrected chi connectivity index (χ2v) is 5.04. The average molecular weight is 300 g/mol. The number of fused-ring (bicyclic) bond motifs is 1. The number of hydrogen-bond acceptors (Lipinski definition) is 5. The number of Topliss-reactive ketones (excluding diaryl/α,β-unsaturated/α-hetero) is 1. The third-order valence-electron chi connectivity index (χ3n) is 3.79. The first kappa shape index (κ1) is 14.3. The van der Waals surface area contributed by atoms with Crippen molar-refractivity contribution in [1.82, 2.24) is 0 Å². The van der Waals surface area contributed by atoms with Crippen LogP contribution in [-0.2, 0) is 14.3 Å². The lowest BCUT2D eigenvalue weighted by Crippen LogP contribution is -2.34. The minimum absolute atomic E-state index is 0.0159. The Labute approximate surface area is 128 Å². The van der Waals surface area contributed by atoms with Crippen LogP contribution in [0.25, 0.3) is 5.57 Å². The Hall–Kier alpha value is -2.69. The van der Waals surface area contributed by atoms with Crippen molar-refractivity contribution in [3.63, 3.8) is 0 Å². The number of methoxy groups -OCH3 is 2. The van der Waals surface area contributed by atoms with E-state index in [1.165, 1.54) is 19.4 Å². The fraction of sp³-hybridized carbons (Fsp3) is 0.235. The number of hydrogen-bond donors (Lipinski definition) is 1. The lowest BCUT2D eigenvalue weighted by atomic mass is 9.84. The largest absolute Gasteiger partial charge is 0.504 e. The summed E-state index contributed by atoms with van der Waals surface area (Å²) in [6, 6.07) is 7.20. The first-order valence-electron chi connectivity index (χ1n) is 6.85. The van der Waals surface area contributed by atoms with Crippen LogP contribution in [0.3, 0.4) is 0 Å². The third-order valence-corrected chi connectivity index (χ3v) is 3.79. The molecular weight excluding hydrogens is 284 g/mol. The predicted octanol–water partition coefficient (Wildman–Crippen LogP) is 2.61. The molecule has 5 nitrogen and oxygen atoms in total. The molecular formula is C17H16O5. The highest BCUT2D eigenvalue weighted by molar-refractivity contribution is 6.23. The van der Waals surface area contributed by atoms with Crippen molar-refractivity contribution in [2.24, 2.45) is 5.92 Å². The van der Waals surface area contributed by atoms with Crippen LogP contribution in [0.4, 0.5) is 0 Å². The van der Waals surface area contributed by atoms with E-state index in [1.807, 2.05) is 12.1 Å². The van der Waals surface area contributed by atoms with E-state index >= 15 is 0 Å². The van der Waals surface area contributed by atoms with E-state index in [-0.39, 0.29) is 17.3 Å². The Morgan fingerprint density at radius 1 is 1.09 bits per heavy atom. The van der Waals surface area contributed by atoms with Gasteiger partial charge >= 0.3 is 0 Å². The Kier molecular flexibility index (Phi) is 3.63. The summed E-state index contributed by atoms with van der Waals surface area (Å²) < 4.78 is 15.8. The fourth-order valence-corrected chi connectivity index (χ4v) is 2.57. The summed E-state index contributed by atoms with van der Waals surface area (Å²) in [5.74, 6) is 0.415. The van der Waals surface area contributed by atoms with Crippen LogP contribution in [0.2, 0.25) is 0 Å². The summed E-state index contributed by atoms with van der Waals surface area (Å²) >= 11 is 0. The smallest absolute Gasteiger partial charge is 0.177 e. The molecule has 2 unspecified atom stereocenters. The minimum Gasteiger partial charge on any atom is -0.504 e. The molecule has 0 amide bonds. The lowest BCUT2D eigenvalue weighted by Gasteiger charge is -2.30. The molecule has 22 heavy (non-hydrogen) atoms. The van der Waals surface area contributed by atoms with Gasteiger partial charge in [0.25, 0.3) is 0 Å². The van der Waals surface area contributed by atoms with Crippen molar-refractivity contribution in [2.75, 3.05) is 14.2 Å². The van der Waals surface area contributed by atoms with E-state index < -0.39 is 12.0 Å². The molecule has 0 aromatic heterocycles. The zero-order chi connectivity index (χ0) is 15.7. The topological polar surface area (TPSA) is 65.0 Å². The SMILES string of the molecule is COC1=CC2C(=O)C(c3ccc(OC)cc3)=COC2C=C1O. The highest BCUT2D eigenvalue weighted by atomic mass is 16.5. The summed E-state index contributed by atoms with van der Waals surface area (Å²) in [4.78, 5) is 12.7. The van der Waals surface area contributed by atoms with Gasteiger partial charge in [-0.2, -0.15) is 0 Å². The maximum Gasteiger partial charge on any atom is 0.177 e. The molecule has 1 aliphatic heterocycles. The monoisotopic (exact) mass is 300 g/mol. The Bertz CT molecular complexity index is 682. The van der Waals surface area contributed by atoms with E-state index in [0.29, 0.717) is 5.57 Å². The third kappa shape index (κ3) is 2.35. The maximum atomic E-state index is 12.7. The highest BCUT2D eigenvalue weighted by Gasteiger charge is 2.37. The number of allylic oxidation sites excluding steroid dienone is 1. The van der Waals surface area contributed by atoms with E-state index in [0.717, 1.165) is 11.3 Å². The van der Waals surface area contributed by atoms with Crippen molar-refractivity contribution in [3.8, 4) is 5.75 Å². The van der Waals surface area contributed by atoms with Crippen LogP contribution in [0.5, 0.6) is 5.75 Å². The second kappa shape index (κ2) is 5.60. The first-order chi connectivity index (χ1) is 10.6. The second-order valence-electron chi connectivity index (χ2n) is 5.04. The van der Waals surface area contributed by atoms with E-state index in [2.05, 4.69) is 0 Å². The van der Waals surface area contributed by atoms with Gasteiger partial charge in [0.15, 0.2) is 17.3 Å². The lowest BCUT2D eigenvalue weighted by molar-refractivity contribution is -0.119. The summed E-state index contributed by atoms with van der Waals surface area (Å²) in [5, 5.41) is 9.78. The number of ketones is 1. The average Bonchev–Trinajstić information content (AvgIpc) is 2.55. The van der Waals surface area contributed by atoms with Gasteiger partial charge in [0, 0.05) is 6.08 Å². The molecule has 1 heterocycles. The summed E-state index contributed by atoms with van der Waals surface area (Å²) in [5.41, 5.74) is 1.25. The van der Waals surface area contributed by atoms with Crippen molar-refractivity contribution in [3.05, 3.63) is 59.8 Å². The maximum absolute atomic E-state index is 12.7. The molecule has 1 N–H and O–H groups in total. The van der Waals surface area contributed by atoms with Gasteiger partial charge in [-0.05, 0) is 23.8 Å². The number of carbonyl (C=O) groups is 1. The molecule has 1 aliphatic carbocycles. The number of carbonyl (C=O) groups excluding carboxylic acids is 1. The molecule has 0 radical (unpaired) electrons. The molecule has 2 aliphatic rings. The van der Waals surface area contributed by atoms with Crippen LogP contribution in [0.15, 0.2) is 54.2 Å². The minimum atomic E-state index is -0.507. The summed E-state index contributed by atoms with van der Waals surface area (Å²) in [6.45, 7) is 0. The molecule has 2 atom stereocenters. The Balaban J connectivity index is 1.92. The Morgan fingerprint density at radius 2 is 1.82 bits per heavy atom. The number of aliphatic hydroxyl groups is 1. The van der Waals surface area contributed by atoms with Crippen LogP contribution >= 0.6 is 0 Å². The molecule has 0 saturated carbocycles. The summed E-state index contributed by atoms with van der Waals surface area (Å²) in [6.07, 6.45) is 4.02. The highest BCUT2D eigenvalue weighted by Crippen LogP contribution is 2.34. The molecule has 114 valence electrons. The van der Waals surface area contributed by atoms with Crippen LogP contribution in [0.1, 0.15) is 5.56 Å². The zero-order valence-electron chi connectivity index (χ0n) is 12.3. The normalized spacial score (nSPS) is 23.5. The first-order valence-corrected chi connectivity index (χ1v) is 6.85. The molecule has 0 fully saturated rings. The molecule has 0 spiro atoms. The van der Waals surface area contributed by atoms with Gasteiger partial charge in [-0.25, -0.2) is 0 Å². The van der Waals surface area contributed by atoms with E-state index in [4.69, 9.17) is 14.2 Å². The Morgan fingerprint density at radius 3 is 2.45 bits per heavy atom. The van der Waals surface area contributed by atoms with Gasteiger partial charge in [-0.15, -0.1) is 0 Å². The molecule has 0 bridgehead atoms. The number of ether oxygens (including phenoxy) is 3. The van der Waals surface area contributed by atoms with Gasteiger partial charge < -0.3 is 19.3 Å². The van der Waals surface area contributed by atoms with Gasteiger partial charge in [-0.1, -0.05) is 12.1 Å². The fourth-order valence-electron chi connectivity index (χ4n) is 2.57. The van der Waals surface area contributed by atoms with Gasteiger partial charge in [0.05, 0.1) is 32.0 Å². The van der Waals surface area contributed by atoms with Crippen LogP contribution in [-0.4, -0.2) is 31.2 Å². The summed E-state index contributed by atoms with van der Waals surface area (Å²) in [7, 11) is 3.04. The molecule has 1 aromatic carbocycles.